The number of rotatable bonds is 5. The highest BCUT2D eigenvalue weighted by molar-refractivity contribution is 6.02. The average Bonchev–Trinajstić information content (AvgIpc) is 2.73. The first-order valence-electron chi connectivity index (χ1n) is 10.1. The van der Waals surface area contributed by atoms with Crippen molar-refractivity contribution in [2.45, 2.75) is 19.8 Å². The summed E-state index contributed by atoms with van der Waals surface area (Å²) < 4.78 is 0. The lowest BCUT2D eigenvalue weighted by molar-refractivity contribution is -0.111. The molecule has 0 aromatic heterocycles. The largest absolute Gasteiger partial charge is 0.372 e. The zero-order valence-electron chi connectivity index (χ0n) is 17.4. The number of nitrogens with zero attached hydrogens (tertiary/aromatic N) is 2. The Morgan fingerprint density at radius 2 is 1.62 bits per heavy atom. The first-order valence-corrected chi connectivity index (χ1v) is 10.1. The minimum Gasteiger partial charge on any atom is -0.372 e. The van der Waals surface area contributed by atoms with E-state index in [0.29, 0.717) is 5.56 Å². The fourth-order valence-electron chi connectivity index (χ4n) is 3.37. The van der Waals surface area contributed by atoms with Crippen molar-refractivity contribution in [3.8, 4) is 0 Å². The van der Waals surface area contributed by atoms with E-state index in [-0.39, 0.29) is 11.8 Å². The first kappa shape index (κ1) is 20.6. The Morgan fingerprint density at radius 1 is 1.00 bits per heavy atom. The van der Waals surface area contributed by atoms with Gasteiger partial charge in [-0.2, -0.15) is 0 Å². The van der Waals surface area contributed by atoms with E-state index in [1.165, 1.54) is 29.5 Å². The van der Waals surface area contributed by atoms with E-state index in [0.717, 1.165) is 30.3 Å². The highest BCUT2D eigenvalue weighted by atomic mass is 16.2. The van der Waals surface area contributed by atoms with E-state index in [1.807, 2.05) is 24.3 Å². The SMILES string of the molecule is CC1CCN(c2ccc(NC(=O)/C=C/c3ccc(C(=O)N(C)C)cc3)cc2)CC1. The molecule has 5 nitrogen and oxygen atoms in total. The van der Waals surface area contributed by atoms with Gasteiger partial charge in [-0.3, -0.25) is 9.59 Å². The molecule has 0 atom stereocenters. The monoisotopic (exact) mass is 391 g/mol. The van der Waals surface area contributed by atoms with Gasteiger partial charge in [0.15, 0.2) is 0 Å². The fraction of sp³-hybridized carbons (Fsp3) is 0.333. The third-order valence-electron chi connectivity index (χ3n) is 5.27. The second-order valence-corrected chi connectivity index (χ2v) is 7.86. The number of hydrogen-bond donors (Lipinski definition) is 1. The third-order valence-corrected chi connectivity index (χ3v) is 5.27. The molecule has 0 unspecified atom stereocenters. The summed E-state index contributed by atoms with van der Waals surface area (Å²) >= 11 is 0. The third kappa shape index (κ3) is 5.70. The fourth-order valence-corrected chi connectivity index (χ4v) is 3.37. The van der Waals surface area contributed by atoms with Crippen molar-refractivity contribution in [2.24, 2.45) is 5.92 Å². The number of piperidine rings is 1. The van der Waals surface area contributed by atoms with Gasteiger partial charge in [-0.15, -0.1) is 0 Å². The molecule has 1 fully saturated rings. The minimum atomic E-state index is -0.182. The molecule has 1 heterocycles. The molecule has 2 amide bonds. The van der Waals surface area contributed by atoms with Crippen molar-refractivity contribution >= 4 is 29.3 Å². The zero-order chi connectivity index (χ0) is 20.8. The standard InChI is InChI=1S/C24H29N3O2/c1-18-14-16-27(17-15-18)22-11-9-21(10-12-22)25-23(28)13-6-19-4-7-20(8-5-19)24(29)26(2)3/h4-13,18H,14-17H2,1-3H3,(H,25,28)/b13-6+. The lowest BCUT2D eigenvalue weighted by atomic mass is 9.99. The maximum Gasteiger partial charge on any atom is 0.253 e. The number of hydrogen-bond acceptors (Lipinski definition) is 3. The topological polar surface area (TPSA) is 52.7 Å². The number of anilines is 2. The van der Waals surface area contributed by atoms with E-state index in [9.17, 15) is 9.59 Å². The Morgan fingerprint density at radius 3 is 2.21 bits per heavy atom. The smallest absolute Gasteiger partial charge is 0.253 e. The minimum absolute atomic E-state index is 0.0409. The predicted molar refractivity (Wildman–Crippen MR) is 119 cm³/mol. The van der Waals surface area contributed by atoms with Crippen LogP contribution in [0.4, 0.5) is 11.4 Å². The van der Waals surface area contributed by atoms with Crippen molar-refractivity contribution in [1.29, 1.82) is 0 Å². The average molecular weight is 392 g/mol. The molecule has 152 valence electrons. The van der Waals surface area contributed by atoms with Crippen LogP contribution in [0.1, 0.15) is 35.7 Å². The van der Waals surface area contributed by atoms with Crippen LogP contribution in [-0.4, -0.2) is 43.9 Å². The molecule has 0 saturated carbocycles. The molecular weight excluding hydrogens is 362 g/mol. The first-order chi connectivity index (χ1) is 13.9. The van der Waals surface area contributed by atoms with E-state index in [1.54, 1.807) is 32.3 Å². The molecule has 1 aliphatic rings. The van der Waals surface area contributed by atoms with Gasteiger partial charge in [-0.1, -0.05) is 19.1 Å². The van der Waals surface area contributed by atoms with Crippen molar-refractivity contribution in [3.63, 3.8) is 0 Å². The molecule has 3 rings (SSSR count). The lowest BCUT2D eigenvalue weighted by Gasteiger charge is -2.32. The van der Waals surface area contributed by atoms with Gasteiger partial charge in [0.05, 0.1) is 0 Å². The maximum absolute atomic E-state index is 12.2. The van der Waals surface area contributed by atoms with Gasteiger partial charge in [0.1, 0.15) is 0 Å². The molecule has 0 bridgehead atoms. The van der Waals surface area contributed by atoms with Gasteiger partial charge in [0, 0.05) is 50.2 Å². The van der Waals surface area contributed by atoms with Gasteiger partial charge in [-0.25, -0.2) is 0 Å². The van der Waals surface area contributed by atoms with Crippen molar-refractivity contribution in [1.82, 2.24) is 4.90 Å². The van der Waals surface area contributed by atoms with Gasteiger partial charge in [-0.05, 0) is 66.8 Å². The summed E-state index contributed by atoms with van der Waals surface area (Å²) in [7, 11) is 3.44. The Hall–Kier alpha value is -3.08. The number of amides is 2. The van der Waals surface area contributed by atoms with Crippen LogP contribution in [0.3, 0.4) is 0 Å². The summed E-state index contributed by atoms with van der Waals surface area (Å²) in [6.07, 6.45) is 5.70. The lowest BCUT2D eigenvalue weighted by Crippen LogP contribution is -2.32. The summed E-state index contributed by atoms with van der Waals surface area (Å²) in [6, 6.07) is 15.2. The second-order valence-electron chi connectivity index (χ2n) is 7.86. The summed E-state index contributed by atoms with van der Waals surface area (Å²) in [5.74, 6) is 0.583. The Balaban J connectivity index is 1.54. The molecule has 2 aromatic rings. The van der Waals surface area contributed by atoms with Gasteiger partial charge >= 0.3 is 0 Å². The quantitative estimate of drug-likeness (QED) is 0.774. The predicted octanol–water partition coefficient (Wildman–Crippen LogP) is 4.28. The van der Waals surface area contributed by atoms with Crippen LogP contribution >= 0.6 is 0 Å². The van der Waals surface area contributed by atoms with E-state index in [4.69, 9.17) is 0 Å². The summed E-state index contributed by atoms with van der Waals surface area (Å²) in [6.45, 7) is 4.49. The Bertz CT molecular complexity index is 862. The molecule has 0 aliphatic carbocycles. The summed E-state index contributed by atoms with van der Waals surface area (Å²) in [5.41, 5.74) is 3.48. The molecule has 0 radical (unpaired) electrons. The summed E-state index contributed by atoms with van der Waals surface area (Å²) in [5, 5.41) is 2.89. The van der Waals surface area contributed by atoms with Gasteiger partial charge in [0.2, 0.25) is 5.91 Å². The highest BCUT2D eigenvalue weighted by Crippen LogP contribution is 2.24. The number of nitrogens with one attached hydrogen (secondary N) is 1. The normalized spacial score (nSPS) is 14.8. The van der Waals surface area contributed by atoms with Crippen molar-refractivity contribution < 1.29 is 9.59 Å². The highest BCUT2D eigenvalue weighted by Gasteiger charge is 2.15. The molecule has 0 spiro atoms. The number of carbonyl (C=O) groups excluding carboxylic acids is 2. The van der Waals surface area contributed by atoms with Gasteiger partial charge in [0.25, 0.3) is 5.91 Å². The molecule has 1 aliphatic heterocycles. The van der Waals surface area contributed by atoms with Gasteiger partial charge < -0.3 is 15.1 Å². The molecular formula is C24H29N3O2. The molecule has 29 heavy (non-hydrogen) atoms. The number of carbonyl (C=O) groups is 2. The van der Waals surface area contributed by atoms with Crippen LogP contribution in [0.2, 0.25) is 0 Å². The van der Waals surface area contributed by atoms with Crippen molar-refractivity contribution in [2.75, 3.05) is 37.4 Å². The molecule has 1 saturated heterocycles. The van der Waals surface area contributed by atoms with E-state index < -0.39 is 0 Å². The number of benzene rings is 2. The second kappa shape index (κ2) is 9.41. The Labute approximate surface area is 173 Å². The van der Waals surface area contributed by atoms with Crippen LogP contribution in [0.25, 0.3) is 6.08 Å². The van der Waals surface area contributed by atoms with Crippen LogP contribution < -0.4 is 10.2 Å². The van der Waals surface area contributed by atoms with Crippen molar-refractivity contribution in [3.05, 3.63) is 65.7 Å². The van der Waals surface area contributed by atoms with Crippen LogP contribution in [-0.2, 0) is 4.79 Å². The van der Waals surface area contributed by atoms with Crippen LogP contribution in [0.15, 0.2) is 54.6 Å². The maximum atomic E-state index is 12.2. The molecule has 2 aromatic carbocycles. The van der Waals surface area contributed by atoms with Crippen LogP contribution in [0, 0.1) is 5.92 Å². The van der Waals surface area contributed by atoms with E-state index in [2.05, 4.69) is 29.3 Å². The zero-order valence-corrected chi connectivity index (χ0v) is 17.4. The Kier molecular flexibility index (Phi) is 6.70. The summed E-state index contributed by atoms with van der Waals surface area (Å²) in [4.78, 5) is 28.0. The van der Waals surface area contributed by atoms with E-state index >= 15 is 0 Å². The molecule has 5 heteroatoms. The van der Waals surface area contributed by atoms with Crippen LogP contribution in [0.5, 0.6) is 0 Å². The molecule has 1 N–H and O–H groups in total.